The van der Waals surface area contributed by atoms with E-state index in [1.807, 2.05) is 0 Å². The molecule has 0 spiro atoms. The van der Waals surface area contributed by atoms with Crippen LogP contribution in [0.5, 0.6) is 0 Å². The van der Waals surface area contributed by atoms with Crippen molar-refractivity contribution in [1.29, 1.82) is 0 Å². The van der Waals surface area contributed by atoms with E-state index in [0.29, 0.717) is 11.7 Å². The Morgan fingerprint density at radius 3 is 1.94 bits per heavy atom. The first-order valence-electron chi connectivity index (χ1n) is 7.28. The summed E-state index contributed by atoms with van der Waals surface area (Å²) in [6, 6.07) is 0. The highest BCUT2D eigenvalue weighted by molar-refractivity contribution is 6.18. The number of ketones is 1. The van der Waals surface area contributed by atoms with Gasteiger partial charge in [-0.2, -0.15) is 0 Å². The molecule has 0 aromatic carbocycles. The summed E-state index contributed by atoms with van der Waals surface area (Å²) in [7, 11) is 0. The van der Waals surface area contributed by atoms with Crippen LogP contribution in [0, 0.1) is 5.92 Å². The fourth-order valence-corrected chi connectivity index (χ4v) is 2.47. The van der Waals surface area contributed by atoms with Crippen molar-refractivity contribution in [3.05, 3.63) is 0 Å². The molecule has 1 atom stereocenters. The molecule has 1 unspecified atom stereocenters. The standard InChI is InChI=1S/C15H29ClO/c1-3-4-5-6-7-8-9-10-11-15(12-13-16)14(2)17/h15H,3-13H2,1-2H3. The number of carbonyl (C=O) groups excluding carboxylic acids is 1. The van der Waals surface area contributed by atoms with Crippen molar-refractivity contribution in [1.82, 2.24) is 0 Å². The molecule has 0 bridgehead atoms. The van der Waals surface area contributed by atoms with Crippen molar-refractivity contribution in [3.63, 3.8) is 0 Å². The van der Waals surface area contributed by atoms with Gasteiger partial charge in [-0.3, -0.25) is 4.79 Å². The van der Waals surface area contributed by atoms with Gasteiger partial charge in [0.1, 0.15) is 5.78 Å². The summed E-state index contributed by atoms with van der Waals surface area (Å²) in [5.74, 6) is 1.14. The minimum Gasteiger partial charge on any atom is -0.300 e. The quantitative estimate of drug-likeness (QED) is 0.341. The summed E-state index contributed by atoms with van der Waals surface area (Å²) >= 11 is 5.70. The zero-order valence-electron chi connectivity index (χ0n) is 11.6. The van der Waals surface area contributed by atoms with Gasteiger partial charge < -0.3 is 0 Å². The Labute approximate surface area is 112 Å². The molecule has 0 rings (SSSR count). The number of Topliss-reactive ketones (excluding diaryl/α,β-unsaturated/α-hetero) is 1. The van der Waals surface area contributed by atoms with Crippen LogP contribution in [0.15, 0.2) is 0 Å². The van der Waals surface area contributed by atoms with E-state index < -0.39 is 0 Å². The molecule has 0 aromatic heterocycles. The second kappa shape index (κ2) is 12.4. The van der Waals surface area contributed by atoms with Crippen LogP contribution in [0.2, 0.25) is 0 Å². The predicted molar refractivity (Wildman–Crippen MR) is 76.7 cm³/mol. The van der Waals surface area contributed by atoms with Gasteiger partial charge in [0, 0.05) is 11.8 Å². The van der Waals surface area contributed by atoms with E-state index in [9.17, 15) is 4.79 Å². The van der Waals surface area contributed by atoms with Gasteiger partial charge in [-0.15, -0.1) is 11.6 Å². The zero-order valence-corrected chi connectivity index (χ0v) is 12.4. The zero-order chi connectivity index (χ0) is 12.9. The van der Waals surface area contributed by atoms with E-state index in [4.69, 9.17) is 11.6 Å². The van der Waals surface area contributed by atoms with E-state index in [1.165, 1.54) is 51.4 Å². The molecule has 0 aliphatic carbocycles. The Hall–Kier alpha value is -0.0400. The molecule has 0 radical (unpaired) electrons. The largest absolute Gasteiger partial charge is 0.300 e. The maximum Gasteiger partial charge on any atom is 0.132 e. The third-order valence-electron chi connectivity index (χ3n) is 3.44. The molecular weight excluding hydrogens is 232 g/mol. The molecule has 1 nitrogen and oxygen atoms in total. The molecule has 0 heterocycles. The molecule has 17 heavy (non-hydrogen) atoms. The molecule has 2 heteroatoms. The third-order valence-corrected chi connectivity index (χ3v) is 3.66. The van der Waals surface area contributed by atoms with Gasteiger partial charge in [0.05, 0.1) is 0 Å². The van der Waals surface area contributed by atoms with Crippen LogP contribution in [0.1, 0.15) is 78.1 Å². The number of halogens is 1. The van der Waals surface area contributed by atoms with Crippen LogP contribution >= 0.6 is 11.6 Å². The van der Waals surface area contributed by atoms with Gasteiger partial charge >= 0.3 is 0 Å². The minimum absolute atomic E-state index is 0.215. The monoisotopic (exact) mass is 260 g/mol. The van der Waals surface area contributed by atoms with Crippen LogP contribution in [-0.2, 0) is 4.79 Å². The number of carbonyl (C=O) groups is 1. The van der Waals surface area contributed by atoms with Crippen molar-refractivity contribution in [2.24, 2.45) is 5.92 Å². The number of alkyl halides is 1. The second-order valence-corrected chi connectivity index (χ2v) is 5.43. The van der Waals surface area contributed by atoms with Crippen molar-refractivity contribution < 1.29 is 4.79 Å². The first-order valence-corrected chi connectivity index (χ1v) is 7.82. The first kappa shape index (κ1) is 17.0. The van der Waals surface area contributed by atoms with Crippen LogP contribution in [0.25, 0.3) is 0 Å². The highest BCUT2D eigenvalue weighted by Gasteiger charge is 2.12. The fourth-order valence-electron chi connectivity index (χ4n) is 2.21. The Morgan fingerprint density at radius 2 is 1.47 bits per heavy atom. The lowest BCUT2D eigenvalue weighted by Gasteiger charge is -2.11. The minimum atomic E-state index is 0.215. The molecule has 0 aromatic rings. The number of rotatable bonds is 12. The van der Waals surface area contributed by atoms with Crippen molar-refractivity contribution in [3.8, 4) is 0 Å². The summed E-state index contributed by atoms with van der Waals surface area (Å²) < 4.78 is 0. The normalized spacial score (nSPS) is 12.6. The maximum atomic E-state index is 11.3. The summed E-state index contributed by atoms with van der Waals surface area (Å²) in [5, 5.41) is 0. The van der Waals surface area contributed by atoms with Gasteiger partial charge in [0.25, 0.3) is 0 Å². The lowest BCUT2D eigenvalue weighted by atomic mass is 9.94. The number of hydrogen-bond acceptors (Lipinski definition) is 1. The van der Waals surface area contributed by atoms with Crippen molar-refractivity contribution >= 4 is 17.4 Å². The Morgan fingerprint density at radius 1 is 0.941 bits per heavy atom. The van der Waals surface area contributed by atoms with Gasteiger partial charge in [-0.25, -0.2) is 0 Å². The average molecular weight is 261 g/mol. The van der Waals surface area contributed by atoms with Gasteiger partial charge in [-0.1, -0.05) is 58.3 Å². The van der Waals surface area contributed by atoms with E-state index in [-0.39, 0.29) is 5.92 Å². The SMILES string of the molecule is CCCCCCCCCCC(CCCl)C(C)=O. The lowest BCUT2D eigenvalue weighted by Crippen LogP contribution is -2.11. The summed E-state index contributed by atoms with van der Waals surface area (Å²) in [6.07, 6.45) is 12.5. The van der Waals surface area contributed by atoms with Gasteiger partial charge in [0.15, 0.2) is 0 Å². The van der Waals surface area contributed by atoms with E-state index in [1.54, 1.807) is 6.92 Å². The molecule has 0 amide bonds. The smallest absolute Gasteiger partial charge is 0.132 e. The maximum absolute atomic E-state index is 11.3. The molecule has 102 valence electrons. The molecule has 0 N–H and O–H groups in total. The van der Waals surface area contributed by atoms with Crippen LogP contribution in [-0.4, -0.2) is 11.7 Å². The van der Waals surface area contributed by atoms with E-state index in [0.717, 1.165) is 12.8 Å². The lowest BCUT2D eigenvalue weighted by molar-refractivity contribution is -0.121. The fraction of sp³-hybridized carbons (Fsp3) is 0.933. The third kappa shape index (κ3) is 10.8. The molecule has 0 fully saturated rings. The first-order chi connectivity index (χ1) is 8.22. The van der Waals surface area contributed by atoms with Gasteiger partial charge in [-0.05, 0) is 19.8 Å². The van der Waals surface area contributed by atoms with E-state index >= 15 is 0 Å². The highest BCUT2D eigenvalue weighted by Crippen LogP contribution is 2.17. The van der Waals surface area contributed by atoms with Crippen molar-refractivity contribution in [2.45, 2.75) is 78.1 Å². The average Bonchev–Trinajstić information content (AvgIpc) is 2.31. The predicted octanol–water partition coefficient (Wildman–Crippen LogP) is 5.35. The molecule has 0 saturated carbocycles. The summed E-state index contributed by atoms with van der Waals surface area (Å²) in [5.41, 5.74) is 0. The molecule has 0 aliphatic rings. The second-order valence-electron chi connectivity index (χ2n) is 5.05. The van der Waals surface area contributed by atoms with Crippen LogP contribution < -0.4 is 0 Å². The van der Waals surface area contributed by atoms with Crippen LogP contribution in [0.3, 0.4) is 0 Å². The van der Waals surface area contributed by atoms with Crippen molar-refractivity contribution in [2.75, 3.05) is 5.88 Å². The summed E-state index contributed by atoms with van der Waals surface area (Å²) in [6.45, 7) is 3.95. The molecular formula is C15H29ClO. The Bertz CT molecular complexity index is 180. The van der Waals surface area contributed by atoms with Gasteiger partial charge in [0.2, 0.25) is 0 Å². The summed E-state index contributed by atoms with van der Waals surface area (Å²) in [4.78, 5) is 11.3. The molecule has 0 saturated heterocycles. The highest BCUT2D eigenvalue weighted by atomic mass is 35.5. The topological polar surface area (TPSA) is 17.1 Å². The van der Waals surface area contributed by atoms with E-state index in [2.05, 4.69) is 6.92 Å². The number of hydrogen-bond donors (Lipinski definition) is 0. The number of unbranched alkanes of at least 4 members (excludes halogenated alkanes) is 7. The molecule has 0 aliphatic heterocycles. The Kier molecular flexibility index (Phi) is 12.4. The Balaban J connectivity index is 3.33. The van der Waals surface area contributed by atoms with Crippen LogP contribution in [0.4, 0.5) is 0 Å².